The maximum absolute atomic E-state index is 13.9. The summed E-state index contributed by atoms with van der Waals surface area (Å²) >= 11 is 0. The first-order chi connectivity index (χ1) is 13.1. The lowest BCUT2D eigenvalue weighted by Crippen LogP contribution is -2.45. The van der Waals surface area contributed by atoms with Crippen molar-refractivity contribution in [2.24, 2.45) is 4.99 Å². The molecule has 1 atom stereocenters. The maximum Gasteiger partial charge on any atom is 0.305 e. The summed E-state index contributed by atoms with van der Waals surface area (Å²) in [4.78, 5) is 21.4. The Labute approximate surface area is 160 Å². The summed E-state index contributed by atoms with van der Waals surface area (Å²) < 4.78 is 18.5. The van der Waals surface area contributed by atoms with E-state index in [1.807, 2.05) is 4.90 Å². The highest BCUT2D eigenvalue weighted by atomic mass is 19.1. The van der Waals surface area contributed by atoms with E-state index in [-0.39, 0.29) is 17.8 Å². The van der Waals surface area contributed by atoms with Crippen LogP contribution >= 0.6 is 0 Å². The molecule has 1 aliphatic heterocycles. The van der Waals surface area contributed by atoms with E-state index in [2.05, 4.69) is 25.3 Å². The van der Waals surface area contributed by atoms with Gasteiger partial charge in [0.2, 0.25) is 0 Å². The number of carbonyl (C=O) groups excluding carboxylic acids is 1. The van der Waals surface area contributed by atoms with Gasteiger partial charge < -0.3 is 20.3 Å². The molecule has 0 aliphatic carbocycles. The smallest absolute Gasteiger partial charge is 0.305 e. The summed E-state index contributed by atoms with van der Waals surface area (Å²) in [5.74, 6) is 0.747. The maximum atomic E-state index is 13.9. The van der Waals surface area contributed by atoms with Gasteiger partial charge in [0.25, 0.3) is 0 Å². The Bertz CT molecular complexity index is 626. The molecule has 0 saturated carbocycles. The molecule has 0 amide bonds. The molecule has 1 aromatic heterocycles. The van der Waals surface area contributed by atoms with Gasteiger partial charge in [0, 0.05) is 45.3 Å². The van der Waals surface area contributed by atoms with Crippen molar-refractivity contribution in [2.45, 2.75) is 44.6 Å². The predicted octanol–water partition coefficient (Wildman–Crippen LogP) is 2.09. The number of unbranched alkanes of at least 4 members (excludes halogenated alkanes) is 3. The first-order valence-electron chi connectivity index (χ1n) is 9.53. The summed E-state index contributed by atoms with van der Waals surface area (Å²) in [6, 6.07) is 3.25. The molecule has 1 saturated heterocycles. The fourth-order valence-corrected chi connectivity index (χ4v) is 3.13. The number of nitrogens with zero attached hydrogens (tertiary/aromatic N) is 3. The lowest BCUT2D eigenvalue weighted by molar-refractivity contribution is -0.140. The van der Waals surface area contributed by atoms with Gasteiger partial charge in [-0.2, -0.15) is 0 Å². The molecule has 2 N–H and O–H groups in total. The average Bonchev–Trinajstić information content (AvgIpc) is 3.14. The van der Waals surface area contributed by atoms with Crippen LogP contribution in [-0.4, -0.2) is 56.7 Å². The van der Waals surface area contributed by atoms with Crippen molar-refractivity contribution in [3.63, 3.8) is 0 Å². The van der Waals surface area contributed by atoms with Gasteiger partial charge in [-0.05, 0) is 31.4 Å². The number of esters is 1. The van der Waals surface area contributed by atoms with Gasteiger partial charge in [-0.3, -0.25) is 9.79 Å². The molecule has 7 nitrogen and oxygen atoms in total. The second kappa shape index (κ2) is 11.4. The normalized spacial score (nSPS) is 17.1. The Balaban J connectivity index is 1.63. The van der Waals surface area contributed by atoms with Crippen LogP contribution in [0.4, 0.5) is 10.2 Å². The van der Waals surface area contributed by atoms with Crippen molar-refractivity contribution in [2.75, 3.05) is 38.7 Å². The lowest BCUT2D eigenvalue weighted by Gasteiger charge is -2.20. The predicted molar refractivity (Wildman–Crippen MR) is 104 cm³/mol. The van der Waals surface area contributed by atoms with Gasteiger partial charge in [0.1, 0.15) is 0 Å². The molecule has 150 valence electrons. The number of rotatable bonds is 9. The number of guanidine groups is 1. The number of nitrogens with one attached hydrogen (secondary N) is 2. The monoisotopic (exact) mass is 379 g/mol. The number of hydrogen-bond donors (Lipinski definition) is 2. The van der Waals surface area contributed by atoms with E-state index in [1.165, 1.54) is 13.2 Å². The number of aromatic nitrogens is 1. The van der Waals surface area contributed by atoms with Crippen LogP contribution in [-0.2, 0) is 9.53 Å². The molecule has 0 aromatic carbocycles. The molecule has 1 fully saturated rings. The van der Waals surface area contributed by atoms with Crippen molar-refractivity contribution in [1.82, 2.24) is 15.6 Å². The van der Waals surface area contributed by atoms with Crippen LogP contribution in [0, 0.1) is 5.82 Å². The number of carbonyl (C=O) groups is 1. The average molecular weight is 379 g/mol. The first kappa shape index (κ1) is 20.9. The molecule has 0 bridgehead atoms. The van der Waals surface area contributed by atoms with Crippen molar-refractivity contribution < 1.29 is 13.9 Å². The van der Waals surface area contributed by atoms with Crippen LogP contribution in [0.1, 0.15) is 38.5 Å². The van der Waals surface area contributed by atoms with Crippen LogP contribution < -0.4 is 15.5 Å². The summed E-state index contributed by atoms with van der Waals surface area (Å²) in [6.45, 7) is 2.29. The summed E-state index contributed by atoms with van der Waals surface area (Å²) in [7, 11) is 3.16. The van der Waals surface area contributed by atoms with Gasteiger partial charge >= 0.3 is 5.97 Å². The van der Waals surface area contributed by atoms with Crippen LogP contribution in [0.5, 0.6) is 0 Å². The van der Waals surface area contributed by atoms with Gasteiger partial charge in [-0.25, -0.2) is 9.37 Å². The fourth-order valence-electron chi connectivity index (χ4n) is 3.13. The van der Waals surface area contributed by atoms with E-state index in [0.717, 1.165) is 51.2 Å². The standard InChI is InChI=1S/C19H30FN5O2/c1-21-19(23-11-6-4-3-5-9-17(26)27-2)24-15-10-13-25(14-15)18-16(20)8-7-12-22-18/h7-8,12,15H,3-6,9-11,13-14H2,1-2H3,(H2,21,23,24). The number of pyridine rings is 1. The van der Waals surface area contributed by atoms with E-state index < -0.39 is 0 Å². The topological polar surface area (TPSA) is 78.8 Å². The molecule has 27 heavy (non-hydrogen) atoms. The third kappa shape index (κ3) is 7.03. The Morgan fingerprint density at radius 1 is 1.41 bits per heavy atom. The zero-order chi connectivity index (χ0) is 19.5. The second-order valence-electron chi connectivity index (χ2n) is 6.62. The number of ether oxygens (including phenoxy) is 1. The molecule has 1 aliphatic rings. The third-order valence-corrected chi connectivity index (χ3v) is 4.62. The van der Waals surface area contributed by atoms with Gasteiger partial charge in [0.15, 0.2) is 17.6 Å². The van der Waals surface area contributed by atoms with E-state index >= 15 is 0 Å². The van der Waals surface area contributed by atoms with Crippen LogP contribution in [0.2, 0.25) is 0 Å². The zero-order valence-electron chi connectivity index (χ0n) is 16.2. The lowest BCUT2D eigenvalue weighted by atomic mass is 10.1. The van der Waals surface area contributed by atoms with Gasteiger partial charge in [0.05, 0.1) is 7.11 Å². The first-order valence-corrected chi connectivity index (χ1v) is 9.53. The van der Waals surface area contributed by atoms with E-state index in [1.54, 1.807) is 19.3 Å². The zero-order valence-corrected chi connectivity index (χ0v) is 16.2. The van der Waals surface area contributed by atoms with Gasteiger partial charge in [-0.1, -0.05) is 12.8 Å². The Morgan fingerprint density at radius 2 is 2.22 bits per heavy atom. The molecule has 2 rings (SSSR count). The van der Waals surface area contributed by atoms with E-state index in [0.29, 0.717) is 18.8 Å². The number of methoxy groups -OCH3 is 1. The molecular formula is C19H30FN5O2. The Morgan fingerprint density at radius 3 is 2.96 bits per heavy atom. The molecule has 1 unspecified atom stereocenters. The quantitative estimate of drug-likeness (QED) is 0.296. The minimum Gasteiger partial charge on any atom is -0.469 e. The van der Waals surface area contributed by atoms with E-state index in [4.69, 9.17) is 0 Å². The number of anilines is 1. The Hall–Kier alpha value is -2.38. The third-order valence-electron chi connectivity index (χ3n) is 4.62. The van der Waals surface area contributed by atoms with Crippen LogP contribution in [0.15, 0.2) is 23.3 Å². The van der Waals surface area contributed by atoms with Crippen molar-refractivity contribution >= 4 is 17.7 Å². The second-order valence-corrected chi connectivity index (χ2v) is 6.62. The number of hydrogen-bond acceptors (Lipinski definition) is 5. The molecule has 2 heterocycles. The van der Waals surface area contributed by atoms with E-state index in [9.17, 15) is 9.18 Å². The molecular weight excluding hydrogens is 349 g/mol. The van der Waals surface area contributed by atoms with Crippen molar-refractivity contribution in [3.05, 3.63) is 24.1 Å². The highest BCUT2D eigenvalue weighted by Crippen LogP contribution is 2.20. The van der Waals surface area contributed by atoms with Gasteiger partial charge in [-0.15, -0.1) is 0 Å². The molecule has 8 heteroatoms. The minimum absolute atomic E-state index is 0.145. The molecule has 1 aromatic rings. The summed E-state index contributed by atoms with van der Waals surface area (Å²) in [5, 5.41) is 6.71. The molecule has 0 radical (unpaired) electrons. The van der Waals surface area contributed by atoms with Crippen molar-refractivity contribution in [1.29, 1.82) is 0 Å². The minimum atomic E-state index is -0.284. The number of halogens is 1. The highest BCUT2D eigenvalue weighted by Gasteiger charge is 2.25. The highest BCUT2D eigenvalue weighted by molar-refractivity contribution is 5.80. The van der Waals surface area contributed by atoms with Crippen molar-refractivity contribution in [3.8, 4) is 0 Å². The largest absolute Gasteiger partial charge is 0.469 e. The molecule has 0 spiro atoms. The summed E-state index contributed by atoms with van der Waals surface area (Å²) in [6.07, 6.45) is 6.95. The Kier molecular flexibility index (Phi) is 8.80. The SMILES string of the molecule is CN=C(NCCCCCCC(=O)OC)NC1CCN(c2ncccc2F)C1. The van der Waals surface area contributed by atoms with Crippen LogP contribution in [0.3, 0.4) is 0 Å². The van der Waals surface area contributed by atoms with Crippen LogP contribution in [0.25, 0.3) is 0 Å². The summed E-state index contributed by atoms with van der Waals surface area (Å²) in [5.41, 5.74) is 0. The fraction of sp³-hybridized carbons (Fsp3) is 0.632. The number of aliphatic imine (C=N–C) groups is 1.